The summed E-state index contributed by atoms with van der Waals surface area (Å²) in [5.41, 5.74) is 1.33. The number of pyridine rings is 1. The second kappa shape index (κ2) is 7.02. The van der Waals surface area contributed by atoms with Crippen molar-refractivity contribution in [3.63, 3.8) is 0 Å². The van der Waals surface area contributed by atoms with Crippen LogP contribution in [0.2, 0.25) is 0 Å². The zero-order valence-corrected chi connectivity index (χ0v) is 14.3. The molecule has 1 saturated heterocycles. The third-order valence-electron chi connectivity index (χ3n) is 4.21. The average molecular weight is 343 g/mol. The lowest BCUT2D eigenvalue weighted by molar-refractivity contribution is 0.0546. The zero-order chi connectivity index (χ0) is 18.0. The van der Waals surface area contributed by atoms with Gasteiger partial charge in [0.2, 0.25) is 0 Å². The number of nitrogens with one attached hydrogen (secondary N) is 1. The van der Waals surface area contributed by atoms with Crippen LogP contribution in [0.1, 0.15) is 28.9 Å². The first kappa shape index (κ1) is 17.1. The molecule has 3 rings (SSSR count). The number of carbonyl (C=O) groups is 1. The molecule has 8 heteroatoms. The molecule has 1 amide bonds. The normalized spacial score (nSPS) is 15.2. The Balaban J connectivity index is 1.72. The highest BCUT2D eigenvalue weighted by Crippen LogP contribution is 2.16. The molecule has 3 heterocycles. The van der Waals surface area contributed by atoms with Gasteiger partial charge in [-0.3, -0.25) is 9.59 Å². The van der Waals surface area contributed by atoms with Gasteiger partial charge in [0.05, 0.1) is 17.4 Å². The summed E-state index contributed by atoms with van der Waals surface area (Å²) in [6, 6.07) is 5.00. The molecule has 2 N–H and O–H groups in total. The minimum Gasteiger partial charge on any atom is -0.393 e. The Labute approximate surface area is 145 Å². The van der Waals surface area contributed by atoms with Gasteiger partial charge in [-0.1, -0.05) is 0 Å². The summed E-state index contributed by atoms with van der Waals surface area (Å²) >= 11 is 0. The molecule has 0 aromatic carbocycles. The van der Waals surface area contributed by atoms with E-state index in [1.54, 1.807) is 37.1 Å². The van der Waals surface area contributed by atoms with E-state index in [0.717, 1.165) is 0 Å². The number of hydrogen-bond donors (Lipinski definition) is 2. The van der Waals surface area contributed by atoms with Crippen molar-refractivity contribution in [3.05, 3.63) is 46.0 Å². The second-order valence-corrected chi connectivity index (χ2v) is 6.21. The van der Waals surface area contributed by atoms with Crippen molar-refractivity contribution in [3.8, 4) is 0 Å². The first-order valence-corrected chi connectivity index (χ1v) is 8.19. The van der Waals surface area contributed by atoms with Crippen LogP contribution in [-0.2, 0) is 7.05 Å². The predicted octanol–water partition coefficient (Wildman–Crippen LogP) is 0.824. The Bertz CT molecular complexity index is 823. The van der Waals surface area contributed by atoms with Gasteiger partial charge < -0.3 is 15.3 Å². The molecule has 0 unspecified atom stereocenters. The largest absolute Gasteiger partial charge is 0.393 e. The van der Waals surface area contributed by atoms with Crippen molar-refractivity contribution in [1.82, 2.24) is 19.7 Å². The van der Waals surface area contributed by atoms with Crippen molar-refractivity contribution in [2.24, 2.45) is 7.05 Å². The van der Waals surface area contributed by atoms with Crippen LogP contribution in [-0.4, -0.2) is 49.9 Å². The van der Waals surface area contributed by atoms with Crippen LogP contribution in [0, 0.1) is 6.92 Å². The van der Waals surface area contributed by atoms with Crippen LogP contribution in [0.15, 0.2) is 29.2 Å². The number of carbonyl (C=O) groups excluding carboxylic acids is 1. The minimum absolute atomic E-state index is 0.0957. The van der Waals surface area contributed by atoms with Gasteiger partial charge in [-0.15, -0.1) is 0 Å². The van der Waals surface area contributed by atoms with Crippen molar-refractivity contribution < 1.29 is 9.90 Å². The third-order valence-corrected chi connectivity index (χ3v) is 4.21. The highest BCUT2D eigenvalue weighted by atomic mass is 16.3. The fourth-order valence-electron chi connectivity index (χ4n) is 2.83. The molecule has 2 aromatic heterocycles. The Morgan fingerprint density at radius 2 is 2.04 bits per heavy atom. The molecule has 1 aliphatic rings. The molecular formula is C17H21N5O3. The molecule has 1 fully saturated rings. The van der Waals surface area contributed by atoms with Crippen LogP contribution in [0.4, 0.5) is 11.5 Å². The molecule has 2 aromatic rings. The Hall–Kier alpha value is -2.74. The van der Waals surface area contributed by atoms with Crippen LogP contribution in [0.3, 0.4) is 0 Å². The fraction of sp³-hybridized carbons (Fsp3) is 0.412. The van der Waals surface area contributed by atoms with Gasteiger partial charge in [0.15, 0.2) is 0 Å². The number of aliphatic hydroxyl groups excluding tert-OH is 1. The quantitative estimate of drug-likeness (QED) is 0.856. The molecule has 25 heavy (non-hydrogen) atoms. The molecular weight excluding hydrogens is 322 g/mol. The number of rotatable bonds is 3. The Morgan fingerprint density at radius 3 is 2.68 bits per heavy atom. The van der Waals surface area contributed by atoms with Gasteiger partial charge in [0, 0.05) is 26.3 Å². The molecule has 132 valence electrons. The number of anilines is 2. The number of likely N-dealkylation sites (tertiary alicyclic amines) is 1. The first-order valence-electron chi connectivity index (χ1n) is 8.19. The lowest BCUT2D eigenvalue weighted by atomic mass is 10.1. The monoisotopic (exact) mass is 343 g/mol. The number of nitrogens with zero attached hydrogens (tertiary/aromatic N) is 4. The summed E-state index contributed by atoms with van der Waals surface area (Å²) in [7, 11) is 1.59. The van der Waals surface area contributed by atoms with E-state index in [1.165, 1.54) is 10.9 Å². The van der Waals surface area contributed by atoms with E-state index < -0.39 is 0 Å². The lowest BCUT2D eigenvalue weighted by Crippen LogP contribution is -2.40. The first-order chi connectivity index (χ1) is 11.9. The van der Waals surface area contributed by atoms with Gasteiger partial charge in [-0.25, -0.2) is 9.67 Å². The summed E-state index contributed by atoms with van der Waals surface area (Å²) in [5, 5.41) is 16.5. The average Bonchev–Trinajstić information content (AvgIpc) is 2.60. The summed E-state index contributed by atoms with van der Waals surface area (Å²) in [5.74, 6) is 0.384. The highest BCUT2D eigenvalue weighted by Gasteiger charge is 2.22. The number of amides is 1. The SMILES string of the molecule is Cc1cc(Nc2ccc(C(=O)N3CCC(O)CC3)cn2)c(=O)n(C)n1. The number of aliphatic hydroxyl groups is 1. The summed E-state index contributed by atoms with van der Waals surface area (Å²) in [4.78, 5) is 30.5. The van der Waals surface area contributed by atoms with Crippen molar-refractivity contribution in [2.45, 2.75) is 25.9 Å². The van der Waals surface area contributed by atoms with Gasteiger partial charge in [0.1, 0.15) is 11.5 Å². The topological polar surface area (TPSA) is 100 Å². The van der Waals surface area contributed by atoms with Gasteiger partial charge >= 0.3 is 0 Å². The van der Waals surface area contributed by atoms with E-state index >= 15 is 0 Å². The molecule has 0 aliphatic carbocycles. The third kappa shape index (κ3) is 3.85. The number of aromatic nitrogens is 3. The number of hydrogen-bond acceptors (Lipinski definition) is 6. The van der Waals surface area contributed by atoms with E-state index in [9.17, 15) is 14.7 Å². The van der Waals surface area contributed by atoms with E-state index in [0.29, 0.717) is 48.7 Å². The van der Waals surface area contributed by atoms with Gasteiger partial charge in [0.25, 0.3) is 11.5 Å². The molecule has 0 atom stereocenters. The fourth-order valence-corrected chi connectivity index (χ4v) is 2.83. The van der Waals surface area contributed by atoms with Gasteiger partial charge in [-0.05, 0) is 38.0 Å². The maximum absolute atomic E-state index is 12.4. The number of aryl methyl sites for hydroxylation is 2. The van der Waals surface area contributed by atoms with E-state index in [1.807, 2.05) is 0 Å². The van der Waals surface area contributed by atoms with Crippen LogP contribution >= 0.6 is 0 Å². The van der Waals surface area contributed by atoms with Crippen molar-refractivity contribution >= 4 is 17.4 Å². The van der Waals surface area contributed by atoms with E-state index in [4.69, 9.17) is 0 Å². The van der Waals surface area contributed by atoms with Crippen LogP contribution < -0.4 is 10.9 Å². The molecule has 0 saturated carbocycles. The second-order valence-electron chi connectivity index (χ2n) is 6.21. The number of piperidine rings is 1. The maximum atomic E-state index is 12.4. The minimum atomic E-state index is -0.319. The van der Waals surface area contributed by atoms with Crippen molar-refractivity contribution in [1.29, 1.82) is 0 Å². The smallest absolute Gasteiger partial charge is 0.290 e. The standard InChI is InChI=1S/C17H21N5O3/c1-11-9-14(17(25)21(2)20-11)19-15-4-3-12(10-18-15)16(24)22-7-5-13(23)6-8-22/h3-4,9-10,13,23H,5-8H2,1-2H3,(H,18,19). The summed E-state index contributed by atoms with van der Waals surface area (Å²) < 4.78 is 1.26. The summed E-state index contributed by atoms with van der Waals surface area (Å²) in [6.45, 7) is 2.90. The van der Waals surface area contributed by atoms with Crippen LogP contribution in [0.5, 0.6) is 0 Å². The van der Waals surface area contributed by atoms with E-state index in [-0.39, 0.29) is 17.6 Å². The highest BCUT2D eigenvalue weighted by molar-refractivity contribution is 5.94. The van der Waals surface area contributed by atoms with Crippen molar-refractivity contribution in [2.75, 3.05) is 18.4 Å². The molecule has 8 nitrogen and oxygen atoms in total. The van der Waals surface area contributed by atoms with Crippen LogP contribution in [0.25, 0.3) is 0 Å². The van der Waals surface area contributed by atoms with E-state index in [2.05, 4.69) is 15.4 Å². The molecule has 0 bridgehead atoms. The maximum Gasteiger partial charge on any atom is 0.290 e. The zero-order valence-electron chi connectivity index (χ0n) is 14.3. The molecule has 1 aliphatic heterocycles. The molecule has 0 radical (unpaired) electrons. The van der Waals surface area contributed by atoms with Gasteiger partial charge in [-0.2, -0.15) is 5.10 Å². The summed E-state index contributed by atoms with van der Waals surface area (Å²) in [6.07, 6.45) is 2.38. The predicted molar refractivity (Wildman–Crippen MR) is 92.9 cm³/mol. The lowest BCUT2D eigenvalue weighted by Gasteiger charge is -2.29. The Kier molecular flexibility index (Phi) is 4.80. The Morgan fingerprint density at radius 1 is 1.32 bits per heavy atom. The molecule has 0 spiro atoms.